The van der Waals surface area contributed by atoms with E-state index < -0.39 is 0 Å². The second-order valence-corrected chi connectivity index (χ2v) is 8.23. The minimum absolute atomic E-state index is 0.149. The van der Waals surface area contributed by atoms with Crippen molar-refractivity contribution in [3.8, 4) is 27.8 Å². The fourth-order valence-corrected chi connectivity index (χ4v) is 4.52. The van der Waals surface area contributed by atoms with Crippen LogP contribution in [0.4, 0.5) is 0 Å². The fraction of sp³-hybridized carbons (Fsp3) is 0.217. The van der Waals surface area contributed by atoms with Crippen molar-refractivity contribution < 1.29 is 9.47 Å². The molecule has 30 heavy (non-hydrogen) atoms. The van der Waals surface area contributed by atoms with Crippen LogP contribution in [0.15, 0.2) is 63.8 Å². The lowest BCUT2D eigenvalue weighted by Gasteiger charge is -2.16. The minimum Gasteiger partial charge on any atom is -0.497 e. The summed E-state index contributed by atoms with van der Waals surface area (Å²) in [5.74, 6) is 1.41. The maximum Gasteiger partial charge on any atom is 0.265 e. The molecule has 0 N–H and O–H groups in total. The zero-order valence-corrected chi connectivity index (χ0v) is 18.5. The average Bonchev–Trinajstić information content (AvgIpc) is 3.24. The molecule has 0 fully saturated rings. The SMILES string of the molecule is COc1ccc(OC)c(-n2c(C)ccc(-c3nc(C4C=CC(Cl)=CC4)cs3)c2=O)c1. The first kappa shape index (κ1) is 20.4. The van der Waals surface area contributed by atoms with Gasteiger partial charge in [0.05, 0.1) is 31.2 Å². The number of nitrogens with zero attached hydrogens (tertiary/aromatic N) is 2. The first-order chi connectivity index (χ1) is 14.5. The van der Waals surface area contributed by atoms with Gasteiger partial charge in [0.1, 0.15) is 16.5 Å². The summed E-state index contributed by atoms with van der Waals surface area (Å²) in [6.45, 7) is 1.89. The van der Waals surface area contributed by atoms with Gasteiger partial charge >= 0.3 is 0 Å². The predicted octanol–water partition coefficient (Wildman–Crippen LogP) is 5.45. The fourth-order valence-electron chi connectivity index (χ4n) is 3.46. The summed E-state index contributed by atoms with van der Waals surface area (Å²) < 4.78 is 12.5. The van der Waals surface area contributed by atoms with E-state index in [1.165, 1.54) is 11.3 Å². The molecule has 3 aromatic rings. The van der Waals surface area contributed by atoms with Crippen LogP contribution in [0.1, 0.15) is 23.7 Å². The summed E-state index contributed by atoms with van der Waals surface area (Å²) in [7, 11) is 3.18. The number of aromatic nitrogens is 2. The van der Waals surface area contributed by atoms with Crippen molar-refractivity contribution in [2.75, 3.05) is 14.2 Å². The number of hydrogen-bond acceptors (Lipinski definition) is 5. The van der Waals surface area contributed by atoms with E-state index >= 15 is 0 Å². The predicted molar refractivity (Wildman–Crippen MR) is 121 cm³/mol. The van der Waals surface area contributed by atoms with Gasteiger partial charge in [0.15, 0.2) is 0 Å². The van der Waals surface area contributed by atoms with Crippen LogP contribution in [0.3, 0.4) is 0 Å². The number of pyridine rings is 1. The Labute approximate surface area is 183 Å². The number of allylic oxidation sites excluding steroid dienone is 4. The third kappa shape index (κ3) is 3.80. The van der Waals surface area contributed by atoms with E-state index in [-0.39, 0.29) is 11.5 Å². The molecule has 5 nitrogen and oxygen atoms in total. The number of halogens is 1. The Bertz CT molecular complexity index is 1210. The number of hydrogen-bond donors (Lipinski definition) is 0. The molecule has 4 rings (SSSR count). The molecule has 2 heterocycles. The van der Waals surface area contributed by atoms with Crippen LogP contribution in [0.5, 0.6) is 11.5 Å². The van der Waals surface area contributed by atoms with Gasteiger partial charge in [-0.3, -0.25) is 9.36 Å². The van der Waals surface area contributed by atoms with Crippen molar-refractivity contribution in [1.29, 1.82) is 0 Å². The number of thiazole rings is 1. The van der Waals surface area contributed by atoms with Crippen LogP contribution in [-0.2, 0) is 0 Å². The monoisotopic (exact) mass is 440 g/mol. The molecular formula is C23H21ClN2O3S. The van der Waals surface area contributed by atoms with Gasteiger partial charge in [0.25, 0.3) is 5.56 Å². The summed E-state index contributed by atoms with van der Waals surface area (Å²) in [4.78, 5) is 18.2. The van der Waals surface area contributed by atoms with Crippen LogP contribution in [0, 0.1) is 6.92 Å². The smallest absolute Gasteiger partial charge is 0.265 e. The maximum atomic E-state index is 13.5. The molecule has 7 heteroatoms. The highest BCUT2D eigenvalue weighted by atomic mass is 35.5. The van der Waals surface area contributed by atoms with E-state index in [4.69, 9.17) is 26.1 Å². The van der Waals surface area contributed by atoms with Crippen LogP contribution < -0.4 is 15.0 Å². The first-order valence-corrected chi connectivity index (χ1v) is 10.7. The lowest BCUT2D eigenvalue weighted by molar-refractivity contribution is 0.401. The third-order valence-electron chi connectivity index (χ3n) is 5.09. The van der Waals surface area contributed by atoms with Gasteiger partial charge < -0.3 is 9.47 Å². The number of methoxy groups -OCH3 is 2. The second-order valence-electron chi connectivity index (χ2n) is 6.93. The van der Waals surface area contributed by atoms with Crippen molar-refractivity contribution in [1.82, 2.24) is 9.55 Å². The van der Waals surface area contributed by atoms with E-state index in [0.29, 0.717) is 27.8 Å². The minimum atomic E-state index is -0.149. The van der Waals surface area contributed by atoms with Crippen molar-refractivity contribution in [2.24, 2.45) is 0 Å². The molecule has 1 unspecified atom stereocenters. The van der Waals surface area contributed by atoms with Crippen molar-refractivity contribution in [2.45, 2.75) is 19.3 Å². The Kier molecular flexibility index (Phi) is 5.79. The highest BCUT2D eigenvalue weighted by Gasteiger charge is 2.19. The van der Waals surface area contributed by atoms with E-state index in [1.54, 1.807) is 37.0 Å². The van der Waals surface area contributed by atoms with E-state index in [0.717, 1.165) is 22.8 Å². The highest BCUT2D eigenvalue weighted by Crippen LogP contribution is 2.32. The highest BCUT2D eigenvalue weighted by molar-refractivity contribution is 7.13. The molecule has 0 aliphatic heterocycles. The molecular weight excluding hydrogens is 420 g/mol. The van der Waals surface area contributed by atoms with E-state index in [9.17, 15) is 4.79 Å². The van der Waals surface area contributed by atoms with Gasteiger partial charge in [-0.05, 0) is 43.7 Å². The Hall–Kier alpha value is -2.83. The molecule has 154 valence electrons. The number of aryl methyl sites for hydroxylation is 1. The number of benzene rings is 1. The molecule has 1 aliphatic rings. The van der Waals surface area contributed by atoms with Crippen LogP contribution in [0.25, 0.3) is 16.3 Å². The zero-order chi connectivity index (χ0) is 21.3. The molecule has 0 radical (unpaired) electrons. The summed E-state index contributed by atoms with van der Waals surface area (Å²) in [6.07, 6.45) is 6.73. The van der Waals surface area contributed by atoms with Gasteiger partial charge in [-0.15, -0.1) is 11.3 Å². The Balaban J connectivity index is 1.79. The Morgan fingerprint density at radius 1 is 1.20 bits per heavy atom. The van der Waals surface area contributed by atoms with E-state index in [1.807, 2.05) is 36.6 Å². The topological polar surface area (TPSA) is 53.4 Å². The maximum absolute atomic E-state index is 13.5. The summed E-state index contributed by atoms with van der Waals surface area (Å²) in [5.41, 5.74) is 2.77. The molecule has 0 saturated carbocycles. The van der Waals surface area contributed by atoms with Crippen molar-refractivity contribution in [3.63, 3.8) is 0 Å². The van der Waals surface area contributed by atoms with Gasteiger partial charge in [0, 0.05) is 28.1 Å². The largest absolute Gasteiger partial charge is 0.497 e. The summed E-state index contributed by atoms with van der Waals surface area (Å²) >= 11 is 7.49. The second kappa shape index (κ2) is 8.50. The van der Waals surface area contributed by atoms with Crippen LogP contribution in [0.2, 0.25) is 0 Å². The van der Waals surface area contributed by atoms with Gasteiger partial charge in [-0.1, -0.05) is 23.8 Å². The molecule has 1 aliphatic carbocycles. The van der Waals surface area contributed by atoms with E-state index in [2.05, 4.69) is 6.08 Å². The average molecular weight is 441 g/mol. The first-order valence-electron chi connectivity index (χ1n) is 9.46. The van der Waals surface area contributed by atoms with Crippen LogP contribution >= 0.6 is 22.9 Å². The van der Waals surface area contributed by atoms with Crippen molar-refractivity contribution >= 4 is 22.9 Å². The van der Waals surface area contributed by atoms with Crippen molar-refractivity contribution in [3.05, 3.63) is 80.7 Å². The summed E-state index contributed by atoms with van der Waals surface area (Å²) in [6, 6.07) is 9.14. The quantitative estimate of drug-likeness (QED) is 0.529. The molecule has 2 aromatic heterocycles. The molecule has 0 saturated heterocycles. The van der Waals surface area contributed by atoms with Gasteiger partial charge in [0.2, 0.25) is 0 Å². The molecule has 1 atom stereocenters. The third-order valence-corrected chi connectivity index (χ3v) is 6.27. The van der Waals surface area contributed by atoms with Gasteiger partial charge in [-0.2, -0.15) is 0 Å². The zero-order valence-electron chi connectivity index (χ0n) is 16.9. The van der Waals surface area contributed by atoms with Gasteiger partial charge in [-0.25, -0.2) is 4.98 Å². The number of rotatable bonds is 5. The molecule has 0 bridgehead atoms. The normalized spacial score (nSPS) is 15.7. The lowest BCUT2D eigenvalue weighted by atomic mass is 9.98. The number of ether oxygens (including phenoxy) is 2. The molecule has 0 amide bonds. The standard InChI is InChI=1S/C23H21ClN2O3S/c1-14-4-10-18(22-25-19(13-30-22)15-5-7-16(24)8-6-15)23(27)26(14)20-12-17(28-2)9-11-21(20)29-3/h4-5,7-13,15H,6H2,1-3H3. The summed E-state index contributed by atoms with van der Waals surface area (Å²) in [5, 5.41) is 3.45. The Morgan fingerprint density at radius 3 is 2.73 bits per heavy atom. The Morgan fingerprint density at radius 2 is 2.03 bits per heavy atom. The van der Waals surface area contributed by atoms with Crippen LogP contribution in [-0.4, -0.2) is 23.8 Å². The molecule has 1 aromatic carbocycles. The lowest BCUT2D eigenvalue weighted by Crippen LogP contribution is -2.22. The molecule has 0 spiro atoms.